The van der Waals surface area contributed by atoms with Crippen LogP contribution in [0.4, 0.5) is 0 Å². The fraction of sp³-hybridized carbons (Fsp3) is 0.300. The molecule has 0 amide bonds. The second-order valence-corrected chi connectivity index (χ2v) is 5.01. The molecule has 2 rings (SSSR count). The van der Waals surface area contributed by atoms with Gasteiger partial charge in [-0.1, -0.05) is 6.07 Å². The van der Waals surface area contributed by atoms with Crippen LogP contribution in [0.3, 0.4) is 0 Å². The highest BCUT2D eigenvalue weighted by molar-refractivity contribution is 7.10. The van der Waals surface area contributed by atoms with Crippen molar-refractivity contribution < 1.29 is 0 Å². The Morgan fingerprint density at radius 2 is 2.36 bits per heavy atom. The lowest BCUT2D eigenvalue weighted by atomic mass is 10.3. The van der Waals surface area contributed by atoms with E-state index in [0.29, 0.717) is 6.04 Å². The monoisotopic (exact) mass is 224 g/mol. The first-order valence-electron chi connectivity index (χ1n) is 4.51. The van der Waals surface area contributed by atoms with Crippen LogP contribution < -0.4 is 5.32 Å². The Bertz CT molecular complexity index is 353. The molecule has 0 radical (unpaired) electrons. The number of thiazole rings is 1. The van der Waals surface area contributed by atoms with E-state index in [1.807, 2.05) is 11.6 Å². The van der Waals surface area contributed by atoms with Crippen molar-refractivity contribution in [1.29, 1.82) is 0 Å². The highest BCUT2D eigenvalue weighted by atomic mass is 32.1. The van der Waals surface area contributed by atoms with Crippen molar-refractivity contribution >= 4 is 22.7 Å². The van der Waals surface area contributed by atoms with Gasteiger partial charge in [0.05, 0.1) is 6.04 Å². The lowest BCUT2D eigenvalue weighted by molar-refractivity contribution is 0.576. The minimum Gasteiger partial charge on any atom is -0.303 e. The summed E-state index contributed by atoms with van der Waals surface area (Å²) in [5.41, 5.74) is 0. The standard InChI is InChI=1S/C10H12N2S2/c1-8(10-11-4-6-14-10)12-7-9-3-2-5-13-9/h2-6,8,12H,7H2,1H3. The summed E-state index contributed by atoms with van der Waals surface area (Å²) in [6.07, 6.45) is 1.85. The molecule has 0 bridgehead atoms. The fourth-order valence-electron chi connectivity index (χ4n) is 1.20. The number of hydrogen-bond donors (Lipinski definition) is 1. The average molecular weight is 224 g/mol. The zero-order valence-electron chi connectivity index (χ0n) is 7.93. The maximum Gasteiger partial charge on any atom is 0.109 e. The summed E-state index contributed by atoms with van der Waals surface area (Å²) in [7, 11) is 0. The predicted octanol–water partition coefficient (Wildman–Crippen LogP) is 3.06. The summed E-state index contributed by atoms with van der Waals surface area (Å²) < 4.78 is 0. The number of aromatic nitrogens is 1. The van der Waals surface area contributed by atoms with Gasteiger partial charge in [-0.2, -0.15) is 0 Å². The van der Waals surface area contributed by atoms with E-state index in [1.165, 1.54) is 4.88 Å². The van der Waals surface area contributed by atoms with Crippen molar-refractivity contribution in [3.63, 3.8) is 0 Å². The first-order valence-corrected chi connectivity index (χ1v) is 6.27. The third kappa shape index (κ3) is 2.41. The van der Waals surface area contributed by atoms with Crippen LogP contribution in [-0.2, 0) is 6.54 Å². The van der Waals surface area contributed by atoms with Gasteiger partial charge in [0.25, 0.3) is 0 Å². The van der Waals surface area contributed by atoms with E-state index in [-0.39, 0.29) is 0 Å². The van der Waals surface area contributed by atoms with Gasteiger partial charge in [0.2, 0.25) is 0 Å². The SMILES string of the molecule is CC(NCc1cccs1)c1nccs1. The number of nitrogens with one attached hydrogen (secondary N) is 1. The van der Waals surface area contributed by atoms with Crippen molar-refractivity contribution in [3.05, 3.63) is 39.0 Å². The molecule has 0 aromatic carbocycles. The van der Waals surface area contributed by atoms with Gasteiger partial charge in [-0.15, -0.1) is 22.7 Å². The lowest BCUT2D eigenvalue weighted by Gasteiger charge is -2.09. The molecule has 0 saturated carbocycles. The van der Waals surface area contributed by atoms with Crippen LogP contribution in [0.1, 0.15) is 22.9 Å². The fourth-order valence-corrected chi connectivity index (χ4v) is 2.53. The van der Waals surface area contributed by atoms with Crippen LogP contribution >= 0.6 is 22.7 Å². The van der Waals surface area contributed by atoms with Crippen molar-refractivity contribution in [2.75, 3.05) is 0 Å². The van der Waals surface area contributed by atoms with Gasteiger partial charge in [-0.3, -0.25) is 0 Å². The zero-order valence-corrected chi connectivity index (χ0v) is 9.57. The van der Waals surface area contributed by atoms with Crippen molar-refractivity contribution in [1.82, 2.24) is 10.3 Å². The van der Waals surface area contributed by atoms with Crippen LogP contribution in [0, 0.1) is 0 Å². The third-order valence-corrected chi connectivity index (χ3v) is 3.82. The first-order chi connectivity index (χ1) is 6.86. The maximum absolute atomic E-state index is 4.28. The van der Waals surface area contributed by atoms with Crippen molar-refractivity contribution in [2.24, 2.45) is 0 Å². The zero-order chi connectivity index (χ0) is 9.80. The predicted molar refractivity (Wildman–Crippen MR) is 61.7 cm³/mol. The van der Waals surface area contributed by atoms with Gasteiger partial charge >= 0.3 is 0 Å². The van der Waals surface area contributed by atoms with Gasteiger partial charge in [-0.05, 0) is 18.4 Å². The summed E-state index contributed by atoms with van der Waals surface area (Å²) in [6, 6.07) is 4.57. The average Bonchev–Trinajstić information content (AvgIpc) is 2.87. The van der Waals surface area contributed by atoms with E-state index in [1.54, 1.807) is 22.7 Å². The van der Waals surface area contributed by atoms with E-state index < -0.39 is 0 Å². The molecular formula is C10H12N2S2. The summed E-state index contributed by atoms with van der Waals surface area (Å²) in [4.78, 5) is 5.64. The summed E-state index contributed by atoms with van der Waals surface area (Å²) in [5.74, 6) is 0. The van der Waals surface area contributed by atoms with Crippen molar-refractivity contribution in [3.8, 4) is 0 Å². The normalized spacial score (nSPS) is 12.9. The van der Waals surface area contributed by atoms with Crippen molar-refractivity contribution in [2.45, 2.75) is 19.5 Å². The second-order valence-electron chi connectivity index (χ2n) is 3.05. The molecular weight excluding hydrogens is 212 g/mol. The molecule has 0 fully saturated rings. The third-order valence-electron chi connectivity index (χ3n) is 1.98. The Balaban J connectivity index is 1.87. The molecule has 1 N–H and O–H groups in total. The molecule has 0 spiro atoms. The van der Waals surface area contributed by atoms with Gasteiger partial charge in [0.1, 0.15) is 5.01 Å². The largest absolute Gasteiger partial charge is 0.303 e. The van der Waals surface area contributed by atoms with Crippen LogP contribution in [0.15, 0.2) is 29.1 Å². The van der Waals surface area contributed by atoms with Crippen LogP contribution in [-0.4, -0.2) is 4.98 Å². The second kappa shape index (κ2) is 4.68. The summed E-state index contributed by atoms with van der Waals surface area (Å²) in [6.45, 7) is 3.07. The van der Waals surface area contributed by atoms with E-state index >= 15 is 0 Å². The topological polar surface area (TPSA) is 24.9 Å². The summed E-state index contributed by atoms with van der Waals surface area (Å²) >= 11 is 3.48. The Labute approximate surface area is 91.6 Å². The van der Waals surface area contributed by atoms with Crippen LogP contribution in [0.2, 0.25) is 0 Å². The van der Waals surface area contributed by atoms with E-state index in [9.17, 15) is 0 Å². The molecule has 2 nitrogen and oxygen atoms in total. The molecule has 1 unspecified atom stereocenters. The first kappa shape index (κ1) is 9.83. The number of hydrogen-bond acceptors (Lipinski definition) is 4. The Morgan fingerprint density at radius 3 is 3.00 bits per heavy atom. The Morgan fingerprint density at radius 1 is 1.43 bits per heavy atom. The molecule has 2 aromatic heterocycles. The van der Waals surface area contributed by atoms with E-state index in [2.05, 4.69) is 34.7 Å². The number of rotatable bonds is 4. The maximum atomic E-state index is 4.28. The molecule has 0 aliphatic heterocycles. The number of nitrogens with zero attached hydrogens (tertiary/aromatic N) is 1. The molecule has 74 valence electrons. The smallest absolute Gasteiger partial charge is 0.109 e. The van der Waals surface area contributed by atoms with Crippen LogP contribution in [0.5, 0.6) is 0 Å². The van der Waals surface area contributed by atoms with Gasteiger partial charge in [-0.25, -0.2) is 4.98 Å². The Hall–Kier alpha value is -0.710. The molecule has 1 atom stereocenters. The minimum absolute atomic E-state index is 0.345. The van der Waals surface area contributed by atoms with E-state index in [4.69, 9.17) is 0 Å². The minimum atomic E-state index is 0.345. The number of thiophene rings is 1. The molecule has 2 aromatic rings. The quantitative estimate of drug-likeness (QED) is 0.863. The summed E-state index contributed by atoms with van der Waals surface area (Å²) in [5, 5.41) is 8.71. The molecule has 14 heavy (non-hydrogen) atoms. The highest BCUT2D eigenvalue weighted by Gasteiger charge is 2.06. The Kier molecular flexibility index (Phi) is 3.29. The van der Waals surface area contributed by atoms with Crippen LogP contribution in [0.25, 0.3) is 0 Å². The highest BCUT2D eigenvalue weighted by Crippen LogP contribution is 2.16. The van der Waals surface area contributed by atoms with E-state index in [0.717, 1.165) is 11.6 Å². The molecule has 2 heterocycles. The molecule has 0 aliphatic rings. The van der Waals surface area contributed by atoms with Gasteiger partial charge < -0.3 is 5.32 Å². The van der Waals surface area contributed by atoms with Gasteiger partial charge in [0, 0.05) is 23.0 Å². The molecule has 0 saturated heterocycles. The molecule has 4 heteroatoms. The molecule has 0 aliphatic carbocycles. The lowest BCUT2D eigenvalue weighted by Crippen LogP contribution is -2.17. The van der Waals surface area contributed by atoms with Gasteiger partial charge in [0.15, 0.2) is 0 Å².